The summed E-state index contributed by atoms with van der Waals surface area (Å²) in [6.07, 6.45) is 4.47. The fourth-order valence-corrected chi connectivity index (χ4v) is 17.2. The van der Waals surface area contributed by atoms with Crippen LogP contribution in [0.2, 0.25) is 0 Å². The molecule has 0 spiro atoms. The third-order valence-corrected chi connectivity index (χ3v) is 25.4. The molecule has 17 rings (SSSR count). The highest BCUT2D eigenvalue weighted by atomic mass is 35.5. The second kappa shape index (κ2) is 46.3. The predicted octanol–water partition coefficient (Wildman–Crippen LogP) is 21.8. The van der Waals surface area contributed by atoms with E-state index >= 15 is 0 Å². The van der Waals surface area contributed by atoms with Gasteiger partial charge in [-0.25, -0.2) is 0 Å². The molecule has 5 heterocycles. The van der Waals surface area contributed by atoms with E-state index < -0.39 is 10.8 Å². The molecule has 0 saturated carbocycles. The molecule has 13 aromatic rings. The van der Waals surface area contributed by atoms with Crippen LogP contribution in [0.5, 0.6) is 23.0 Å². The first-order valence-corrected chi connectivity index (χ1v) is 48.1. The SMILES string of the molecule is CC(C)(C)c1ccc(C(c2ccc(OCCCNCc3ccc(Cc4cn(CCCOc5ccc(C(c6ccc(C(C)(C)C)cc6)(c6ccc(C(C)(C)C)cc6)c6ccc(C(C)(C)C)cc6)cc5)nn4)cc3)cc2)(c2ccc(C(C)(C)C)cc2)c2ccc(C(C)(C)C)cc2)cc1.O=C1NCc2ccc(cc2)OCCOCCOCCOCCOc2ccc(cc2)CNC(=O)c2cccc1c2.[Cl-]. The van der Waals surface area contributed by atoms with Gasteiger partial charge in [0.15, 0.2) is 0 Å². The zero-order valence-corrected chi connectivity index (χ0v) is 84.2. The Bertz CT molecular complexity index is 5530. The van der Waals surface area contributed by atoms with Gasteiger partial charge in [0, 0.05) is 56.3 Å². The number of nitrogens with one attached hydrogen (secondary N) is 3. The molecule has 0 saturated heterocycles. The minimum absolute atomic E-state index is 0. The maximum absolute atomic E-state index is 12.7. The van der Waals surface area contributed by atoms with Gasteiger partial charge in [0.25, 0.3) is 11.8 Å². The molecule has 4 aliphatic heterocycles. The van der Waals surface area contributed by atoms with Crippen LogP contribution < -0.4 is 47.3 Å². The van der Waals surface area contributed by atoms with Crippen LogP contribution in [0.3, 0.4) is 0 Å². The zero-order chi connectivity index (χ0) is 96.0. The summed E-state index contributed by atoms with van der Waals surface area (Å²) in [4.78, 5) is 25.4. The maximum Gasteiger partial charge on any atom is 0.251 e. The molecule has 3 N–H and O–H groups in total. The van der Waals surface area contributed by atoms with E-state index in [0.717, 1.165) is 72.2 Å². The Hall–Kier alpha value is -12.0. The molecule has 6 bridgehead atoms. The molecule has 0 radical (unpaired) electrons. The lowest BCUT2D eigenvalue weighted by molar-refractivity contribution is -0.0000474. The van der Waals surface area contributed by atoms with E-state index in [4.69, 9.17) is 33.2 Å². The summed E-state index contributed by atoms with van der Waals surface area (Å²) in [5.41, 5.74) is 22.9. The third kappa shape index (κ3) is 27.5. The van der Waals surface area contributed by atoms with E-state index in [9.17, 15) is 9.59 Å². The molecular formula is C120H142ClN6O9-. The number of benzene rings is 12. The normalized spacial score (nSPS) is 13.9. The summed E-state index contributed by atoms with van der Waals surface area (Å²) in [6, 6.07) is 104. The van der Waals surface area contributed by atoms with Gasteiger partial charge in [-0.2, -0.15) is 0 Å². The smallest absolute Gasteiger partial charge is 0.251 e. The molecule has 136 heavy (non-hydrogen) atoms. The van der Waals surface area contributed by atoms with Gasteiger partial charge in [0.05, 0.1) is 69.4 Å². The second-order valence-corrected chi connectivity index (χ2v) is 41.8. The van der Waals surface area contributed by atoms with Gasteiger partial charge in [-0.1, -0.05) is 354 Å². The van der Waals surface area contributed by atoms with Crippen molar-refractivity contribution in [3.05, 3.63) is 414 Å². The van der Waals surface area contributed by atoms with Crippen molar-refractivity contribution < 1.29 is 55.2 Å². The number of nitrogens with zero attached hydrogens (tertiary/aromatic N) is 3. The number of hydrogen-bond acceptors (Lipinski definition) is 12. The first kappa shape index (κ1) is 103. The maximum atomic E-state index is 12.7. The Morgan fingerprint density at radius 3 is 0.941 bits per heavy atom. The minimum Gasteiger partial charge on any atom is -1.00 e. The monoisotopic (exact) mass is 1850 g/mol. The van der Waals surface area contributed by atoms with Gasteiger partial charge in [-0.05, 0) is 212 Å². The lowest BCUT2D eigenvalue weighted by atomic mass is 9.64. The van der Waals surface area contributed by atoms with Crippen molar-refractivity contribution >= 4 is 11.8 Å². The summed E-state index contributed by atoms with van der Waals surface area (Å²) < 4.78 is 42.8. The number of carbonyl (C=O) groups excluding carboxylic acids is 2. The minimum atomic E-state index is -0.582. The first-order valence-electron chi connectivity index (χ1n) is 48.1. The van der Waals surface area contributed by atoms with Crippen molar-refractivity contribution in [2.45, 2.75) is 213 Å². The van der Waals surface area contributed by atoms with Crippen LogP contribution in [0.25, 0.3) is 0 Å². The number of aromatic nitrogens is 3. The van der Waals surface area contributed by atoms with Gasteiger partial charge >= 0.3 is 0 Å². The molecule has 0 unspecified atom stereocenters. The van der Waals surface area contributed by atoms with Crippen LogP contribution >= 0.6 is 0 Å². The molecule has 1 aromatic heterocycles. The average Bonchev–Trinajstić information content (AvgIpc) is 0.814. The summed E-state index contributed by atoms with van der Waals surface area (Å²) in [7, 11) is 0. The second-order valence-electron chi connectivity index (χ2n) is 41.8. The van der Waals surface area contributed by atoms with Crippen molar-refractivity contribution in [3.63, 3.8) is 0 Å². The van der Waals surface area contributed by atoms with Gasteiger partial charge in [0.1, 0.15) is 36.2 Å². The average molecular weight is 1850 g/mol. The van der Waals surface area contributed by atoms with E-state index in [0.29, 0.717) is 96.8 Å². The Labute approximate surface area is 816 Å². The first-order chi connectivity index (χ1) is 64.5. The number of hydrogen-bond donors (Lipinski definition) is 3. The number of carbonyl (C=O) groups is 2. The standard InChI is InChI=1S/C90H108N4O2.C30H34N2O7.ClH/c1-83(2,3)66-25-37-72(38-26-66)89(73-39-27-67(28-40-73)84(4,5)6,74-41-29-68(30-42-74)85(7,8)9)78-49-53-81(54-50-78)95-59-19-57-91-62-65-23-21-64(22-24-65)61-80-63-94(93-92-80)58-20-60-96-82-55-51-79(52-56-82)90(75-43-31-69(32-44-75)86(10,11)12,76-45-33-70(34-46-76)87(13,14)15)77-47-35-71(36-48-77)88(16,17)18;33-29-25-2-1-3-26(20-25)30(34)32-22-24-6-10-28(11-7-24)39-19-17-37-15-13-35-12-14-36-16-18-38-27-8-4-23(5-9-27)21-31-29;/h21-56,63,91H,19-20,57-62H2,1-18H3;1-11,20H,12-19,21-22H2,(H,31,33)(H,32,34);1H/p-1. The summed E-state index contributed by atoms with van der Waals surface area (Å²) in [6.45, 7) is 49.0. The molecule has 16 heteroatoms. The number of amides is 2. The van der Waals surface area contributed by atoms with E-state index in [1.807, 2.05) is 53.2 Å². The summed E-state index contributed by atoms with van der Waals surface area (Å²) in [5.74, 6) is 2.65. The Morgan fingerprint density at radius 1 is 0.338 bits per heavy atom. The quantitative estimate of drug-likeness (QED) is 0.0435. The molecule has 0 fully saturated rings. The van der Waals surface area contributed by atoms with Gasteiger partial charge < -0.3 is 61.5 Å². The Kier molecular flexibility index (Phi) is 35.0. The highest BCUT2D eigenvalue weighted by molar-refractivity contribution is 5.99. The number of rotatable bonds is 22. The van der Waals surface area contributed by atoms with Crippen LogP contribution in [0, 0.1) is 0 Å². The van der Waals surface area contributed by atoms with Gasteiger partial charge in [-0.3, -0.25) is 14.3 Å². The highest BCUT2D eigenvalue weighted by Crippen LogP contribution is 2.50. The molecule has 0 atom stereocenters. The Morgan fingerprint density at radius 2 is 0.625 bits per heavy atom. The van der Waals surface area contributed by atoms with E-state index in [2.05, 4.69) is 375 Å². The molecule has 2 amide bonds. The number of ether oxygens (including phenoxy) is 7. The molecule has 15 nitrogen and oxygen atoms in total. The highest BCUT2D eigenvalue weighted by Gasteiger charge is 2.42. The van der Waals surface area contributed by atoms with Crippen molar-refractivity contribution in [1.29, 1.82) is 0 Å². The fraction of sp³-hybridized carbons (Fsp3) is 0.367. The van der Waals surface area contributed by atoms with Crippen LogP contribution in [-0.2, 0) is 90.1 Å². The van der Waals surface area contributed by atoms with Crippen LogP contribution in [0.4, 0.5) is 0 Å². The van der Waals surface area contributed by atoms with E-state index in [1.165, 1.54) is 89.0 Å². The predicted molar refractivity (Wildman–Crippen MR) is 548 cm³/mol. The fourth-order valence-electron chi connectivity index (χ4n) is 17.2. The van der Waals surface area contributed by atoms with Crippen molar-refractivity contribution in [3.8, 4) is 23.0 Å². The van der Waals surface area contributed by atoms with Gasteiger partial charge in [0.2, 0.25) is 0 Å². The third-order valence-electron chi connectivity index (χ3n) is 25.4. The van der Waals surface area contributed by atoms with E-state index in [1.54, 1.807) is 24.3 Å². The van der Waals surface area contributed by atoms with Crippen LogP contribution in [0.15, 0.2) is 297 Å². The van der Waals surface area contributed by atoms with Gasteiger partial charge in [-0.15, -0.1) is 5.10 Å². The zero-order valence-electron chi connectivity index (χ0n) is 83.4. The Balaban J connectivity index is 0.000000346. The number of aryl methyl sites for hydroxylation is 1. The molecule has 4 aliphatic rings. The largest absolute Gasteiger partial charge is 1.00 e. The molecule has 0 aliphatic carbocycles. The lowest BCUT2D eigenvalue weighted by Crippen LogP contribution is -3.00. The molecule has 12 aromatic carbocycles. The van der Waals surface area contributed by atoms with Crippen LogP contribution in [-0.4, -0.2) is 99.4 Å². The summed E-state index contributed by atoms with van der Waals surface area (Å²) in [5, 5.41) is 18.5. The summed E-state index contributed by atoms with van der Waals surface area (Å²) >= 11 is 0. The topological polar surface area (TPSA) is 166 Å². The van der Waals surface area contributed by atoms with Crippen molar-refractivity contribution in [1.82, 2.24) is 30.9 Å². The molecular weight excluding hydrogens is 1700 g/mol. The molecule has 714 valence electrons. The van der Waals surface area contributed by atoms with Crippen molar-refractivity contribution in [2.75, 3.05) is 72.6 Å². The van der Waals surface area contributed by atoms with E-state index in [-0.39, 0.29) is 56.7 Å². The van der Waals surface area contributed by atoms with Crippen LogP contribution in [0.1, 0.15) is 264 Å². The lowest BCUT2D eigenvalue weighted by Gasteiger charge is -2.38. The number of halogens is 1. The van der Waals surface area contributed by atoms with Crippen molar-refractivity contribution in [2.24, 2.45) is 0 Å².